The van der Waals surface area contributed by atoms with Crippen LogP contribution in [0.3, 0.4) is 0 Å². The Hall–Kier alpha value is -0.640. The lowest BCUT2D eigenvalue weighted by atomic mass is 10.0. The van der Waals surface area contributed by atoms with E-state index < -0.39 is 17.7 Å². The Bertz CT molecular complexity index is 174. The monoisotopic (exact) mass is 161 g/mol. The van der Waals surface area contributed by atoms with Crippen LogP contribution in [0.1, 0.15) is 13.3 Å². The summed E-state index contributed by atoms with van der Waals surface area (Å²) in [4.78, 5) is 11.0. The minimum absolute atomic E-state index is 0.208. The molecular weight excluding hydrogens is 149 g/mol. The molecule has 0 aromatic heterocycles. The van der Waals surface area contributed by atoms with E-state index in [0.29, 0.717) is 0 Å². The van der Waals surface area contributed by atoms with Crippen LogP contribution >= 0.6 is 0 Å². The molecule has 0 saturated carbocycles. The van der Waals surface area contributed by atoms with Crippen molar-refractivity contribution in [2.75, 3.05) is 13.7 Å². The molecule has 1 fully saturated rings. The van der Waals surface area contributed by atoms with Gasteiger partial charge in [0.1, 0.15) is 11.7 Å². The van der Waals surface area contributed by atoms with Crippen LogP contribution in [0.4, 0.5) is 4.39 Å². The second-order valence-corrected chi connectivity index (χ2v) is 3.01. The molecule has 0 spiro atoms. The number of carbonyl (C=O) groups is 1. The van der Waals surface area contributed by atoms with E-state index in [1.54, 1.807) is 6.92 Å². The Kier molecular flexibility index (Phi) is 2.13. The Balaban J connectivity index is 2.61. The summed E-state index contributed by atoms with van der Waals surface area (Å²) in [6.45, 7) is 1.89. The fourth-order valence-electron chi connectivity index (χ4n) is 1.30. The predicted octanol–water partition coefficient (Wildman–Crippen LogP) is 0.249. The molecular formula is C7H12FNO2. The van der Waals surface area contributed by atoms with E-state index in [-0.39, 0.29) is 13.0 Å². The van der Waals surface area contributed by atoms with Gasteiger partial charge in [0, 0.05) is 13.0 Å². The lowest BCUT2D eigenvalue weighted by Gasteiger charge is -2.19. The smallest absolute Gasteiger partial charge is 0.325 e. The van der Waals surface area contributed by atoms with E-state index in [0.717, 1.165) is 0 Å². The molecule has 1 rings (SSSR count). The summed E-state index contributed by atoms with van der Waals surface area (Å²) in [7, 11) is 1.31. The first kappa shape index (κ1) is 8.46. The van der Waals surface area contributed by atoms with Crippen LogP contribution in [0.25, 0.3) is 0 Å². The van der Waals surface area contributed by atoms with Gasteiger partial charge in [-0.1, -0.05) is 0 Å². The van der Waals surface area contributed by atoms with Gasteiger partial charge in [-0.25, -0.2) is 4.39 Å². The zero-order chi connectivity index (χ0) is 8.48. The van der Waals surface area contributed by atoms with Crippen molar-refractivity contribution >= 4 is 5.97 Å². The van der Waals surface area contributed by atoms with Crippen LogP contribution in [-0.4, -0.2) is 31.3 Å². The molecule has 1 saturated heterocycles. The third kappa shape index (κ3) is 1.50. The van der Waals surface area contributed by atoms with Crippen LogP contribution in [0.5, 0.6) is 0 Å². The molecule has 1 aliphatic rings. The van der Waals surface area contributed by atoms with E-state index in [1.807, 2.05) is 0 Å². The normalized spacial score (nSPS) is 37.2. The van der Waals surface area contributed by atoms with Crippen molar-refractivity contribution in [3.63, 3.8) is 0 Å². The van der Waals surface area contributed by atoms with E-state index in [4.69, 9.17) is 0 Å². The van der Waals surface area contributed by atoms with Gasteiger partial charge in [0.05, 0.1) is 7.11 Å². The zero-order valence-corrected chi connectivity index (χ0v) is 6.69. The molecule has 0 radical (unpaired) electrons. The largest absolute Gasteiger partial charge is 0.468 e. The molecule has 2 atom stereocenters. The number of esters is 1. The fourth-order valence-corrected chi connectivity index (χ4v) is 1.30. The number of hydrogen-bond acceptors (Lipinski definition) is 3. The molecule has 4 heteroatoms. The summed E-state index contributed by atoms with van der Waals surface area (Å²) < 4.78 is 17.2. The average molecular weight is 161 g/mol. The Labute approximate surface area is 64.9 Å². The number of carbonyl (C=O) groups excluding carboxylic acids is 1. The van der Waals surface area contributed by atoms with Gasteiger partial charge in [-0.15, -0.1) is 0 Å². The third-order valence-corrected chi connectivity index (χ3v) is 1.98. The number of ether oxygens (including phenoxy) is 1. The number of alkyl halides is 1. The van der Waals surface area contributed by atoms with Gasteiger partial charge in [0.2, 0.25) is 0 Å². The van der Waals surface area contributed by atoms with Crippen molar-refractivity contribution in [3.8, 4) is 0 Å². The van der Waals surface area contributed by atoms with Crippen molar-refractivity contribution in [2.45, 2.75) is 25.1 Å². The maximum absolute atomic E-state index is 12.6. The van der Waals surface area contributed by atoms with Crippen LogP contribution < -0.4 is 5.32 Å². The molecule has 1 aliphatic heterocycles. The van der Waals surface area contributed by atoms with Crippen LogP contribution in [-0.2, 0) is 9.53 Å². The maximum Gasteiger partial charge on any atom is 0.325 e. The molecule has 0 aromatic rings. The first-order chi connectivity index (χ1) is 5.08. The zero-order valence-electron chi connectivity index (χ0n) is 6.69. The van der Waals surface area contributed by atoms with Gasteiger partial charge in [-0.3, -0.25) is 10.1 Å². The average Bonchev–Trinajstić information content (AvgIpc) is 2.31. The summed E-state index contributed by atoms with van der Waals surface area (Å²) in [5.74, 6) is -0.391. The predicted molar refractivity (Wildman–Crippen MR) is 37.9 cm³/mol. The van der Waals surface area contributed by atoms with Crippen molar-refractivity contribution in [2.24, 2.45) is 0 Å². The van der Waals surface area contributed by atoms with Crippen LogP contribution in [0.2, 0.25) is 0 Å². The highest BCUT2D eigenvalue weighted by Crippen LogP contribution is 2.22. The summed E-state index contributed by atoms with van der Waals surface area (Å²) in [6, 6.07) is 0. The van der Waals surface area contributed by atoms with Crippen molar-refractivity contribution < 1.29 is 13.9 Å². The molecule has 0 aliphatic carbocycles. The van der Waals surface area contributed by atoms with Gasteiger partial charge >= 0.3 is 5.97 Å². The van der Waals surface area contributed by atoms with E-state index >= 15 is 0 Å². The van der Waals surface area contributed by atoms with Crippen molar-refractivity contribution in [3.05, 3.63) is 0 Å². The number of hydrogen-bond donors (Lipinski definition) is 1. The molecule has 0 amide bonds. The molecule has 1 heterocycles. The van der Waals surface area contributed by atoms with Gasteiger partial charge in [0.25, 0.3) is 0 Å². The molecule has 1 N–H and O–H groups in total. The molecule has 11 heavy (non-hydrogen) atoms. The summed E-state index contributed by atoms with van der Waals surface area (Å²) in [6.07, 6.45) is -0.723. The van der Waals surface area contributed by atoms with E-state index in [9.17, 15) is 9.18 Å². The minimum atomic E-state index is -0.931. The van der Waals surface area contributed by atoms with Crippen molar-refractivity contribution in [1.82, 2.24) is 5.32 Å². The van der Waals surface area contributed by atoms with Crippen LogP contribution in [0.15, 0.2) is 0 Å². The number of methoxy groups -OCH3 is 1. The topological polar surface area (TPSA) is 38.3 Å². The molecule has 0 aromatic carbocycles. The quantitative estimate of drug-likeness (QED) is 0.560. The standard InChI is InChI=1S/C7H12FNO2/c1-7(6(10)11-2)3-5(8)4-9-7/h5,9H,3-4H2,1-2H3/t5-,7?/m0/s1. The maximum atomic E-state index is 12.6. The first-order valence-electron chi connectivity index (χ1n) is 3.56. The first-order valence-corrected chi connectivity index (χ1v) is 3.56. The highest BCUT2D eigenvalue weighted by molar-refractivity contribution is 5.80. The van der Waals surface area contributed by atoms with Crippen LogP contribution in [0, 0.1) is 0 Å². The molecule has 1 unspecified atom stereocenters. The Morgan fingerprint density at radius 1 is 1.82 bits per heavy atom. The molecule has 64 valence electrons. The van der Waals surface area contributed by atoms with Gasteiger partial charge < -0.3 is 4.74 Å². The third-order valence-electron chi connectivity index (χ3n) is 1.98. The SMILES string of the molecule is COC(=O)C1(C)C[C@H](F)CN1. The Morgan fingerprint density at radius 2 is 2.45 bits per heavy atom. The van der Waals surface area contributed by atoms with E-state index in [2.05, 4.69) is 10.1 Å². The number of rotatable bonds is 1. The second kappa shape index (κ2) is 2.77. The fraction of sp³-hybridized carbons (Fsp3) is 0.857. The molecule has 3 nitrogen and oxygen atoms in total. The lowest BCUT2D eigenvalue weighted by Crippen LogP contribution is -2.45. The molecule has 0 bridgehead atoms. The lowest BCUT2D eigenvalue weighted by molar-refractivity contribution is -0.147. The second-order valence-electron chi connectivity index (χ2n) is 3.01. The highest BCUT2D eigenvalue weighted by atomic mass is 19.1. The summed E-state index contributed by atoms with van der Waals surface area (Å²) >= 11 is 0. The van der Waals surface area contributed by atoms with Gasteiger partial charge in [0.15, 0.2) is 0 Å². The Morgan fingerprint density at radius 3 is 2.82 bits per heavy atom. The summed E-state index contributed by atoms with van der Waals surface area (Å²) in [5, 5.41) is 2.78. The van der Waals surface area contributed by atoms with Gasteiger partial charge in [-0.05, 0) is 6.92 Å². The summed E-state index contributed by atoms with van der Waals surface area (Å²) in [5.41, 5.74) is -0.811. The van der Waals surface area contributed by atoms with Crippen molar-refractivity contribution in [1.29, 1.82) is 0 Å². The number of halogens is 1. The minimum Gasteiger partial charge on any atom is -0.468 e. The highest BCUT2D eigenvalue weighted by Gasteiger charge is 2.41. The number of nitrogens with one attached hydrogen (secondary N) is 1. The van der Waals surface area contributed by atoms with E-state index in [1.165, 1.54) is 7.11 Å². The van der Waals surface area contributed by atoms with Gasteiger partial charge in [-0.2, -0.15) is 0 Å².